The summed E-state index contributed by atoms with van der Waals surface area (Å²) >= 11 is 0. The number of hydrogen-bond acceptors (Lipinski definition) is 2. The molecule has 0 spiro atoms. The van der Waals surface area contributed by atoms with Crippen LogP contribution in [-0.4, -0.2) is 29.1 Å². The Morgan fingerprint density at radius 2 is 1.62 bits per heavy atom. The first-order valence-electron chi connectivity index (χ1n) is 6.57. The van der Waals surface area contributed by atoms with Gasteiger partial charge in [0.15, 0.2) is 0 Å². The Kier molecular flexibility index (Phi) is 3.76. The Labute approximate surface area is 102 Å². The molecule has 2 heteroatoms. The summed E-state index contributed by atoms with van der Waals surface area (Å²) in [5.41, 5.74) is 6.51. The van der Waals surface area contributed by atoms with Crippen molar-refractivity contribution in [3.8, 4) is 0 Å². The molecular weight excluding hydrogens is 196 g/mol. The van der Waals surface area contributed by atoms with Gasteiger partial charge in [0.1, 0.15) is 0 Å². The molecule has 0 aromatic rings. The third-order valence-electron chi connectivity index (χ3n) is 3.83. The van der Waals surface area contributed by atoms with Crippen LogP contribution < -0.4 is 5.73 Å². The second-order valence-electron chi connectivity index (χ2n) is 7.47. The maximum atomic E-state index is 5.96. The number of hydrogen-bond donors (Lipinski definition) is 1. The second kappa shape index (κ2) is 4.30. The van der Waals surface area contributed by atoms with Crippen LogP contribution in [0.25, 0.3) is 0 Å². The second-order valence-corrected chi connectivity index (χ2v) is 7.47. The molecule has 0 saturated carbocycles. The SMILES string of the molecule is C[C@@H]1C[C@@H](CN)C(C(C)(C)C)N1C(C)(C)C. The molecule has 16 heavy (non-hydrogen) atoms. The van der Waals surface area contributed by atoms with Gasteiger partial charge in [-0.15, -0.1) is 0 Å². The average molecular weight is 226 g/mol. The molecule has 1 fully saturated rings. The van der Waals surface area contributed by atoms with Crippen molar-refractivity contribution in [2.24, 2.45) is 17.1 Å². The fourth-order valence-electron chi connectivity index (χ4n) is 3.61. The summed E-state index contributed by atoms with van der Waals surface area (Å²) in [7, 11) is 0. The fourth-order valence-corrected chi connectivity index (χ4v) is 3.61. The lowest BCUT2D eigenvalue weighted by atomic mass is 9.78. The number of likely N-dealkylation sites (tertiary alicyclic amines) is 1. The molecule has 0 aliphatic carbocycles. The minimum atomic E-state index is 0.237. The van der Waals surface area contributed by atoms with E-state index in [0.29, 0.717) is 23.4 Å². The van der Waals surface area contributed by atoms with Crippen LogP contribution in [0.5, 0.6) is 0 Å². The number of nitrogens with zero attached hydrogens (tertiary/aromatic N) is 1. The van der Waals surface area contributed by atoms with E-state index in [1.807, 2.05) is 0 Å². The van der Waals surface area contributed by atoms with E-state index in [9.17, 15) is 0 Å². The number of rotatable bonds is 1. The smallest absolute Gasteiger partial charge is 0.0193 e. The molecule has 0 bridgehead atoms. The highest BCUT2D eigenvalue weighted by molar-refractivity contribution is 5.02. The van der Waals surface area contributed by atoms with Crippen molar-refractivity contribution < 1.29 is 0 Å². The van der Waals surface area contributed by atoms with E-state index in [-0.39, 0.29) is 5.54 Å². The Morgan fingerprint density at radius 1 is 1.12 bits per heavy atom. The quantitative estimate of drug-likeness (QED) is 0.745. The molecule has 0 aromatic carbocycles. The minimum absolute atomic E-state index is 0.237. The van der Waals surface area contributed by atoms with Gasteiger partial charge in [-0.05, 0) is 52.0 Å². The van der Waals surface area contributed by atoms with Crippen LogP contribution >= 0.6 is 0 Å². The van der Waals surface area contributed by atoms with Crippen LogP contribution in [-0.2, 0) is 0 Å². The van der Waals surface area contributed by atoms with Gasteiger partial charge in [0.2, 0.25) is 0 Å². The summed E-state index contributed by atoms with van der Waals surface area (Å²) in [6, 6.07) is 1.25. The molecule has 2 N–H and O–H groups in total. The zero-order valence-electron chi connectivity index (χ0n) is 12.2. The maximum absolute atomic E-state index is 5.96. The van der Waals surface area contributed by atoms with E-state index in [1.54, 1.807) is 0 Å². The van der Waals surface area contributed by atoms with Crippen LogP contribution in [0.1, 0.15) is 54.9 Å². The molecule has 2 nitrogen and oxygen atoms in total. The van der Waals surface area contributed by atoms with Crippen LogP contribution in [0.15, 0.2) is 0 Å². The highest BCUT2D eigenvalue weighted by Gasteiger charge is 2.48. The van der Waals surface area contributed by atoms with Gasteiger partial charge < -0.3 is 5.73 Å². The van der Waals surface area contributed by atoms with E-state index in [0.717, 1.165) is 6.54 Å². The molecule has 1 unspecified atom stereocenters. The van der Waals surface area contributed by atoms with Gasteiger partial charge in [-0.1, -0.05) is 20.8 Å². The summed E-state index contributed by atoms with van der Waals surface area (Å²) in [6.07, 6.45) is 1.25. The highest BCUT2D eigenvalue weighted by atomic mass is 15.3. The highest BCUT2D eigenvalue weighted by Crippen LogP contribution is 2.43. The molecule has 1 saturated heterocycles. The number of nitrogens with two attached hydrogens (primary N) is 1. The zero-order valence-corrected chi connectivity index (χ0v) is 12.2. The van der Waals surface area contributed by atoms with Crippen LogP contribution in [0.2, 0.25) is 0 Å². The Balaban J connectivity index is 3.05. The molecule has 1 rings (SSSR count). The van der Waals surface area contributed by atoms with Gasteiger partial charge in [-0.25, -0.2) is 0 Å². The van der Waals surface area contributed by atoms with Crippen LogP contribution in [0.4, 0.5) is 0 Å². The summed E-state index contributed by atoms with van der Waals surface area (Å²) in [5, 5.41) is 0. The van der Waals surface area contributed by atoms with Crippen molar-refractivity contribution in [2.45, 2.75) is 72.5 Å². The lowest BCUT2D eigenvalue weighted by molar-refractivity contribution is 0.0181. The lowest BCUT2D eigenvalue weighted by Crippen LogP contribution is -2.54. The van der Waals surface area contributed by atoms with Gasteiger partial charge in [0, 0.05) is 17.6 Å². The minimum Gasteiger partial charge on any atom is -0.330 e. The summed E-state index contributed by atoms with van der Waals surface area (Å²) < 4.78 is 0. The van der Waals surface area contributed by atoms with E-state index in [4.69, 9.17) is 5.73 Å². The van der Waals surface area contributed by atoms with Gasteiger partial charge >= 0.3 is 0 Å². The van der Waals surface area contributed by atoms with Crippen molar-refractivity contribution in [3.05, 3.63) is 0 Å². The molecule has 0 amide bonds. The first-order chi connectivity index (χ1) is 7.09. The fraction of sp³-hybridized carbons (Fsp3) is 1.00. The predicted octanol–water partition coefficient (Wildman–Crippen LogP) is 2.87. The van der Waals surface area contributed by atoms with Crippen molar-refractivity contribution >= 4 is 0 Å². The van der Waals surface area contributed by atoms with Crippen LogP contribution in [0.3, 0.4) is 0 Å². The summed E-state index contributed by atoms with van der Waals surface area (Å²) in [4.78, 5) is 2.69. The van der Waals surface area contributed by atoms with Crippen molar-refractivity contribution in [2.75, 3.05) is 6.54 Å². The van der Waals surface area contributed by atoms with E-state index < -0.39 is 0 Å². The molecule has 1 aliphatic rings. The maximum Gasteiger partial charge on any atom is 0.0193 e. The molecule has 96 valence electrons. The Bertz CT molecular complexity index is 234. The molecule has 0 aromatic heterocycles. The van der Waals surface area contributed by atoms with Crippen molar-refractivity contribution in [3.63, 3.8) is 0 Å². The molecule has 1 heterocycles. The van der Waals surface area contributed by atoms with Crippen molar-refractivity contribution in [1.29, 1.82) is 0 Å². The van der Waals surface area contributed by atoms with Gasteiger partial charge in [-0.3, -0.25) is 4.90 Å². The summed E-state index contributed by atoms with van der Waals surface area (Å²) in [6.45, 7) is 17.2. The molecule has 0 radical (unpaired) electrons. The van der Waals surface area contributed by atoms with Crippen molar-refractivity contribution in [1.82, 2.24) is 4.90 Å². The molecule has 1 aliphatic heterocycles. The van der Waals surface area contributed by atoms with E-state index >= 15 is 0 Å². The van der Waals surface area contributed by atoms with Gasteiger partial charge in [0.05, 0.1) is 0 Å². The van der Waals surface area contributed by atoms with E-state index in [1.165, 1.54) is 6.42 Å². The monoisotopic (exact) mass is 226 g/mol. The van der Waals surface area contributed by atoms with Crippen LogP contribution in [0, 0.1) is 11.3 Å². The first-order valence-corrected chi connectivity index (χ1v) is 6.57. The third-order valence-corrected chi connectivity index (χ3v) is 3.83. The lowest BCUT2D eigenvalue weighted by Gasteiger charge is -2.46. The normalized spacial score (nSPS) is 33.4. The van der Waals surface area contributed by atoms with Gasteiger partial charge in [-0.2, -0.15) is 0 Å². The molecule has 3 atom stereocenters. The predicted molar refractivity (Wildman–Crippen MR) is 71.5 cm³/mol. The van der Waals surface area contributed by atoms with E-state index in [2.05, 4.69) is 53.4 Å². The standard InChI is InChI=1S/C14H30N2/c1-10-8-11(9-15)12(13(2,3)4)16(10)14(5,6)7/h10-12H,8-9,15H2,1-7H3/t10-,11+,12?/m1/s1. The largest absolute Gasteiger partial charge is 0.330 e. The Hall–Kier alpha value is -0.0800. The first kappa shape index (κ1) is 14.0. The summed E-state index contributed by atoms with van der Waals surface area (Å²) in [5.74, 6) is 0.647. The Morgan fingerprint density at radius 3 is 1.94 bits per heavy atom. The topological polar surface area (TPSA) is 29.3 Å². The third kappa shape index (κ3) is 2.60. The average Bonchev–Trinajstić information content (AvgIpc) is 2.40. The molecular formula is C14H30N2. The zero-order chi connectivity index (χ0) is 12.7. The van der Waals surface area contributed by atoms with Gasteiger partial charge in [0.25, 0.3) is 0 Å².